The number of amides is 1. The zero-order chi connectivity index (χ0) is 13.4. The van der Waals surface area contributed by atoms with Gasteiger partial charge >= 0.3 is 0 Å². The van der Waals surface area contributed by atoms with Crippen LogP contribution in [0.25, 0.3) is 0 Å². The second-order valence-corrected chi connectivity index (χ2v) is 5.60. The van der Waals surface area contributed by atoms with Crippen molar-refractivity contribution in [2.24, 2.45) is 0 Å². The van der Waals surface area contributed by atoms with E-state index in [1.165, 1.54) is 0 Å². The highest BCUT2D eigenvalue weighted by Crippen LogP contribution is 2.27. The van der Waals surface area contributed by atoms with Gasteiger partial charge in [-0.05, 0) is 18.9 Å². The molecular formula is C15H20N2O2. The molecular weight excluding hydrogens is 240 g/mol. The standard InChI is InChI=1S/C15H20N2O2/c1-11-3-2-4-12(15(11)19)9-16-7-8-17-13(10-16)5-6-14(17)18/h2-4,13,19H,5-10H2,1H3. The van der Waals surface area contributed by atoms with Crippen molar-refractivity contribution in [3.8, 4) is 5.75 Å². The van der Waals surface area contributed by atoms with Gasteiger partial charge in [-0.25, -0.2) is 0 Å². The number of carbonyl (C=O) groups is 1. The Bertz CT molecular complexity index is 501. The molecule has 2 heterocycles. The summed E-state index contributed by atoms with van der Waals surface area (Å²) in [6.07, 6.45) is 1.68. The van der Waals surface area contributed by atoms with Crippen molar-refractivity contribution >= 4 is 5.91 Å². The zero-order valence-corrected chi connectivity index (χ0v) is 11.3. The molecule has 0 radical (unpaired) electrons. The summed E-state index contributed by atoms with van der Waals surface area (Å²) < 4.78 is 0. The molecule has 0 saturated carbocycles. The number of carbonyl (C=O) groups excluding carboxylic acids is 1. The number of para-hydroxylation sites is 1. The van der Waals surface area contributed by atoms with Crippen LogP contribution in [0.1, 0.15) is 24.0 Å². The van der Waals surface area contributed by atoms with Gasteiger partial charge in [-0.3, -0.25) is 9.69 Å². The molecule has 0 spiro atoms. The maximum Gasteiger partial charge on any atom is 0.222 e. The highest BCUT2D eigenvalue weighted by molar-refractivity contribution is 5.78. The van der Waals surface area contributed by atoms with Gasteiger partial charge < -0.3 is 10.0 Å². The Morgan fingerprint density at radius 3 is 3.05 bits per heavy atom. The first-order valence-corrected chi connectivity index (χ1v) is 6.94. The molecule has 1 amide bonds. The summed E-state index contributed by atoms with van der Waals surface area (Å²) in [7, 11) is 0. The molecule has 0 aliphatic carbocycles. The molecule has 0 aromatic heterocycles. The molecule has 102 valence electrons. The van der Waals surface area contributed by atoms with Crippen LogP contribution in [-0.4, -0.2) is 46.5 Å². The number of aryl methyl sites for hydroxylation is 1. The normalized spacial score (nSPS) is 23.7. The Labute approximate surface area is 113 Å². The van der Waals surface area contributed by atoms with Crippen molar-refractivity contribution in [2.75, 3.05) is 19.6 Å². The molecule has 2 aliphatic heterocycles. The Balaban J connectivity index is 1.68. The number of nitrogens with zero attached hydrogens (tertiary/aromatic N) is 2. The van der Waals surface area contributed by atoms with Crippen molar-refractivity contribution in [3.63, 3.8) is 0 Å². The molecule has 2 fully saturated rings. The number of aromatic hydroxyl groups is 1. The summed E-state index contributed by atoms with van der Waals surface area (Å²) in [5.41, 5.74) is 1.91. The lowest BCUT2D eigenvalue weighted by molar-refractivity contribution is -0.130. The first kappa shape index (κ1) is 12.5. The van der Waals surface area contributed by atoms with E-state index < -0.39 is 0 Å². The van der Waals surface area contributed by atoms with E-state index in [2.05, 4.69) is 4.90 Å². The van der Waals surface area contributed by atoms with Crippen LogP contribution in [0, 0.1) is 6.92 Å². The van der Waals surface area contributed by atoms with Gasteiger partial charge in [0.2, 0.25) is 5.91 Å². The maximum absolute atomic E-state index is 11.6. The number of fused-ring (bicyclic) bond motifs is 1. The van der Waals surface area contributed by atoms with Crippen LogP contribution in [0.2, 0.25) is 0 Å². The van der Waals surface area contributed by atoms with Gasteiger partial charge in [-0.2, -0.15) is 0 Å². The quantitative estimate of drug-likeness (QED) is 0.876. The van der Waals surface area contributed by atoms with Gasteiger partial charge in [0, 0.05) is 44.2 Å². The van der Waals surface area contributed by atoms with Crippen LogP contribution in [0.4, 0.5) is 0 Å². The third kappa shape index (κ3) is 2.32. The second kappa shape index (κ2) is 4.85. The predicted octanol–water partition coefficient (Wildman–Crippen LogP) is 1.51. The van der Waals surface area contributed by atoms with E-state index in [1.54, 1.807) is 0 Å². The molecule has 0 bridgehead atoms. The number of rotatable bonds is 2. The lowest BCUT2D eigenvalue weighted by Crippen LogP contribution is -2.50. The van der Waals surface area contributed by atoms with E-state index in [4.69, 9.17) is 0 Å². The van der Waals surface area contributed by atoms with Crippen molar-refractivity contribution in [2.45, 2.75) is 32.4 Å². The van der Waals surface area contributed by atoms with Crippen molar-refractivity contribution in [1.82, 2.24) is 9.80 Å². The molecule has 1 aromatic rings. The Hall–Kier alpha value is -1.55. The molecule has 3 rings (SSSR count). The monoisotopic (exact) mass is 260 g/mol. The summed E-state index contributed by atoms with van der Waals surface area (Å²) in [5, 5.41) is 10.1. The van der Waals surface area contributed by atoms with Gasteiger partial charge in [0.15, 0.2) is 0 Å². The number of benzene rings is 1. The maximum atomic E-state index is 11.6. The van der Waals surface area contributed by atoms with Crippen LogP contribution in [-0.2, 0) is 11.3 Å². The minimum atomic E-state index is 0.308. The van der Waals surface area contributed by atoms with E-state index in [-0.39, 0.29) is 0 Å². The van der Waals surface area contributed by atoms with Crippen LogP contribution in [0.15, 0.2) is 18.2 Å². The van der Waals surface area contributed by atoms with Crippen molar-refractivity contribution < 1.29 is 9.90 Å². The summed E-state index contributed by atoms with van der Waals surface area (Å²) in [5.74, 6) is 0.718. The highest BCUT2D eigenvalue weighted by atomic mass is 16.3. The average molecular weight is 260 g/mol. The van der Waals surface area contributed by atoms with Crippen LogP contribution in [0.3, 0.4) is 0 Å². The number of phenols is 1. The van der Waals surface area contributed by atoms with Gasteiger partial charge in [0.1, 0.15) is 5.75 Å². The Morgan fingerprint density at radius 2 is 2.21 bits per heavy atom. The Morgan fingerprint density at radius 1 is 1.37 bits per heavy atom. The largest absolute Gasteiger partial charge is 0.507 e. The molecule has 1 unspecified atom stereocenters. The second-order valence-electron chi connectivity index (χ2n) is 5.60. The molecule has 19 heavy (non-hydrogen) atoms. The van der Waals surface area contributed by atoms with Gasteiger partial charge in [0.05, 0.1) is 0 Å². The highest BCUT2D eigenvalue weighted by Gasteiger charge is 2.35. The third-order valence-electron chi connectivity index (χ3n) is 4.29. The molecule has 2 saturated heterocycles. The van der Waals surface area contributed by atoms with E-state index in [9.17, 15) is 9.90 Å². The minimum absolute atomic E-state index is 0.308. The fourth-order valence-electron chi connectivity index (χ4n) is 3.16. The summed E-state index contributed by atoms with van der Waals surface area (Å²) >= 11 is 0. The van der Waals surface area contributed by atoms with Crippen LogP contribution < -0.4 is 0 Å². The van der Waals surface area contributed by atoms with E-state index in [0.29, 0.717) is 24.1 Å². The summed E-state index contributed by atoms with van der Waals surface area (Å²) in [4.78, 5) is 16.0. The Kier molecular flexibility index (Phi) is 3.19. The molecule has 1 N–H and O–H groups in total. The minimum Gasteiger partial charge on any atom is -0.507 e. The third-order valence-corrected chi connectivity index (χ3v) is 4.29. The van der Waals surface area contributed by atoms with E-state index in [0.717, 1.165) is 43.7 Å². The lowest BCUT2D eigenvalue weighted by atomic mass is 10.1. The molecule has 1 aromatic carbocycles. The number of hydrogen-bond donors (Lipinski definition) is 1. The van der Waals surface area contributed by atoms with Crippen molar-refractivity contribution in [1.29, 1.82) is 0 Å². The van der Waals surface area contributed by atoms with Gasteiger partial charge in [-0.1, -0.05) is 18.2 Å². The SMILES string of the molecule is Cc1cccc(CN2CCN3C(=O)CCC3C2)c1O. The number of piperazine rings is 1. The zero-order valence-electron chi connectivity index (χ0n) is 11.3. The fraction of sp³-hybridized carbons (Fsp3) is 0.533. The smallest absolute Gasteiger partial charge is 0.222 e. The number of phenolic OH excluding ortho intramolecular Hbond substituents is 1. The predicted molar refractivity (Wildman–Crippen MR) is 72.9 cm³/mol. The molecule has 1 atom stereocenters. The molecule has 4 nitrogen and oxygen atoms in total. The van der Waals surface area contributed by atoms with E-state index >= 15 is 0 Å². The molecule has 4 heteroatoms. The summed E-state index contributed by atoms with van der Waals surface area (Å²) in [6.45, 7) is 5.35. The first-order chi connectivity index (χ1) is 9.15. The van der Waals surface area contributed by atoms with Gasteiger partial charge in [-0.15, -0.1) is 0 Å². The average Bonchev–Trinajstić information content (AvgIpc) is 2.76. The summed E-state index contributed by atoms with van der Waals surface area (Å²) in [6, 6.07) is 6.27. The van der Waals surface area contributed by atoms with E-state index in [1.807, 2.05) is 30.0 Å². The van der Waals surface area contributed by atoms with Crippen LogP contribution in [0.5, 0.6) is 5.75 Å². The number of hydrogen-bond acceptors (Lipinski definition) is 3. The van der Waals surface area contributed by atoms with Gasteiger partial charge in [0.25, 0.3) is 0 Å². The van der Waals surface area contributed by atoms with Crippen LogP contribution >= 0.6 is 0 Å². The molecule has 2 aliphatic rings. The lowest BCUT2D eigenvalue weighted by Gasteiger charge is -2.37. The van der Waals surface area contributed by atoms with Crippen molar-refractivity contribution in [3.05, 3.63) is 29.3 Å². The first-order valence-electron chi connectivity index (χ1n) is 6.94. The fourth-order valence-corrected chi connectivity index (χ4v) is 3.16. The topological polar surface area (TPSA) is 43.8 Å².